The number of nitrogens with zero attached hydrogens (tertiary/aromatic N) is 2. The van der Waals surface area contributed by atoms with E-state index in [0.717, 1.165) is 39.0 Å². The Morgan fingerprint density at radius 1 is 1.05 bits per heavy atom. The first-order valence-corrected chi connectivity index (χ1v) is 22.2. The number of aliphatic hydroxyl groups is 2. The molecule has 3 aliphatic heterocycles. The van der Waals surface area contributed by atoms with Crippen molar-refractivity contribution < 1.29 is 63.1 Å². The Balaban J connectivity index is 0.00000115. The second kappa shape index (κ2) is 32.3. The molecule has 0 aromatic heterocycles. The van der Waals surface area contributed by atoms with Crippen molar-refractivity contribution in [3.8, 4) is 5.75 Å². The minimum Gasteiger partial charge on any atom is -0.495 e. The van der Waals surface area contributed by atoms with E-state index < -0.39 is 12.0 Å². The summed E-state index contributed by atoms with van der Waals surface area (Å²) in [5.41, 5.74) is 2.00. The summed E-state index contributed by atoms with van der Waals surface area (Å²) >= 11 is 6.10. The molecule has 0 saturated carbocycles. The summed E-state index contributed by atoms with van der Waals surface area (Å²) in [6, 6.07) is 4.96. The molecular weight excluding hydrogens is 876 g/mol. The number of alkyl carbamates (subject to hydrolysis) is 1. The average molecular weight is 950 g/mol. The van der Waals surface area contributed by atoms with Crippen molar-refractivity contribution in [3.05, 3.63) is 76.9 Å². The Kier molecular flexibility index (Phi) is 29.7. The van der Waals surface area contributed by atoms with E-state index in [1.807, 2.05) is 38.1 Å². The van der Waals surface area contributed by atoms with E-state index >= 15 is 0 Å². The van der Waals surface area contributed by atoms with Crippen LogP contribution in [0.15, 0.2) is 66.3 Å². The lowest BCUT2D eigenvalue weighted by atomic mass is 9.86. The fourth-order valence-electron chi connectivity index (χ4n) is 6.84. The Morgan fingerprint density at radius 2 is 1.68 bits per heavy atom. The number of amides is 5. The zero-order valence-electron chi connectivity index (χ0n) is 40.4. The largest absolute Gasteiger partial charge is 0.495 e. The molecule has 0 bridgehead atoms. The van der Waals surface area contributed by atoms with Crippen molar-refractivity contribution >= 4 is 53.1 Å². The summed E-state index contributed by atoms with van der Waals surface area (Å²) in [6.07, 6.45) is 16.8. The predicted octanol–water partition coefficient (Wildman–Crippen LogP) is 5.74. The van der Waals surface area contributed by atoms with E-state index in [4.69, 9.17) is 41.1 Å². The predicted molar refractivity (Wildman–Crippen MR) is 253 cm³/mol. The van der Waals surface area contributed by atoms with Crippen molar-refractivity contribution in [1.29, 1.82) is 0 Å². The number of unbranched alkanes of at least 4 members (excludes halogenated alkanes) is 2. The third-order valence-electron chi connectivity index (χ3n) is 10.8. The van der Waals surface area contributed by atoms with Crippen LogP contribution in [0.1, 0.15) is 98.5 Å². The molecule has 1 aromatic rings. The monoisotopic (exact) mass is 948 g/mol. The van der Waals surface area contributed by atoms with Crippen molar-refractivity contribution in [2.24, 2.45) is 5.92 Å². The number of rotatable bonds is 20. The molecule has 2 saturated heterocycles. The van der Waals surface area contributed by atoms with Gasteiger partial charge in [0.25, 0.3) is 11.8 Å². The number of hydrogen-bond acceptors (Lipinski definition) is 12. The van der Waals surface area contributed by atoms with Gasteiger partial charge in [0.1, 0.15) is 17.9 Å². The number of hydrogen-bond donors (Lipinski definition) is 5. The molecule has 66 heavy (non-hydrogen) atoms. The molecule has 0 aliphatic carbocycles. The number of carbonyl (C=O) groups is 7. The molecule has 370 valence electrons. The number of carboxylic acids is 1. The van der Waals surface area contributed by atoms with Crippen LogP contribution in [0.3, 0.4) is 0 Å². The van der Waals surface area contributed by atoms with Gasteiger partial charge in [-0.2, -0.15) is 0 Å². The van der Waals surface area contributed by atoms with Gasteiger partial charge in [-0.15, -0.1) is 0 Å². The quantitative estimate of drug-likeness (QED) is 0.0345. The molecule has 6 atom stereocenters. The third-order valence-corrected chi connectivity index (χ3v) is 11.1. The number of methoxy groups -OCH3 is 1. The lowest BCUT2D eigenvalue weighted by Crippen LogP contribution is -2.48. The molecular formula is C48H73ClN4O13. The summed E-state index contributed by atoms with van der Waals surface area (Å²) in [4.78, 5) is 81.2. The number of ether oxygens (including phenoxy) is 3. The van der Waals surface area contributed by atoms with Crippen molar-refractivity contribution in [3.63, 3.8) is 0 Å². The van der Waals surface area contributed by atoms with Gasteiger partial charge in [-0.3, -0.25) is 28.9 Å². The van der Waals surface area contributed by atoms with Crippen LogP contribution < -0.4 is 15.4 Å². The van der Waals surface area contributed by atoms with Crippen LogP contribution in [-0.2, 0) is 44.7 Å². The van der Waals surface area contributed by atoms with E-state index in [2.05, 4.69) is 36.6 Å². The second-order valence-electron chi connectivity index (χ2n) is 15.8. The zero-order valence-corrected chi connectivity index (χ0v) is 41.2. The van der Waals surface area contributed by atoms with Crippen LogP contribution in [-0.4, -0.2) is 138 Å². The minimum atomic E-state index is -1.04. The van der Waals surface area contributed by atoms with Crippen LogP contribution in [0.5, 0.6) is 5.75 Å². The molecule has 0 spiro atoms. The van der Waals surface area contributed by atoms with Gasteiger partial charge in [0.05, 0.1) is 23.8 Å². The molecule has 2 fully saturated rings. The maximum absolute atomic E-state index is 12.2. The summed E-state index contributed by atoms with van der Waals surface area (Å²) in [6.45, 7) is 11.3. The number of allylic oxidation sites excluding steroid dienone is 5. The van der Waals surface area contributed by atoms with Gasteiger partial charge in [0, 0.05) is 78.2 Å². The Labute approximate surface area is 395 Å². The van der Waals surface area contributed by atoms with E-state index in [1.54, 1.807) is 20.2 Å². The molecule has 4 unspecified atom stereocenters. The number of ketones is 1. The van der Waals surface area contributed by atoms with Gasteiger partial charge >= 0.3 is 12.1 Å². The highest BCUT2D eigenvalue weighted by molar-refractivity contribution is 6.32. The molecule has 17 nitrogen and oxygen atoms in total. The van der Waals surface area contributed by atoms with Crippen LogP contribution in [0.2, 0.25) is 5.02 Å². The number of aliphatic hydroxyl groups excluding tert-OH is 2. The summed E-state index contributed by atoms with van der Waals surface area (Å²) in [5.74, 6) is -1.01. The Bertz CT molecular complexity index is 1850. The first-order valence-electron chi connectivity index (χ1n) is 21.8. The normalized spacial score (nSPS) is 20.4. The summed E-state index contributed by atoms with van der Waals surface area (Å²) in [5, 5.41) is 29.0. The fourth-order valence-corrected chi connectivity index (χ4v) is 7.04. The number of benzene rings is 1. The van der Waals surface area contributed by atoms with Gasteiger partial charge in [-0.05, 0) is 90.5 Å². The SMILES string of the molecule is C/C=C\C(C)=O.CNC(=O)CCC1(C)OC1[C@H](C)C1CC(C/C=C/C=C(\C)Cc2ccc(Cl)c(OC)c2)NC(=O)O1.CO.CO.C[C@H](C(=O)O)N(C)C(=O)CCCCCN1C(=O)C=CC1=O. The van der Waals surface area contributed by atoms with Crippen LogP contribution >= 0.6 is 11.6 Å². The molecule has 5 N–H and O–H groups in total. The average Bonchev–Trinajstić information content (AvgIpc) is 3.88. The number of likely N-dealkylation sites (N-methyl/N-ethyl adjacent to an activating group) is 1. The smallest absolute Gasteiger partial charge is 0.407 e. The lowest BCUT2D eigenvalue weighted by molar-refractivity contribution is -0.148. The molecule has 1 aromatic carbocycles. The van der Waals surface area contributed by atoms with Crippen LogP contribution in [0.4, 0.5) is 4.79 Å². The van der Waals surface area contributed by atoms with Gasteiger partial charge < -0.3 is 45.1 Å². The van der Waals surface area contributed by atoms with Crippen LogP contribution in [0, 0.1) is 5.92 Å². The number of carboxylic acid groups (broad SMARTS) is 1. The minimum absolute atomic E-state index is 0.00468. The van der Waals surface area contributed by atoms with Gasteiger partial charge in [-0.25, -0.2) is 9.59 Å². The summed E-state index contributed by atoms with van der Waals surface area (Å²) in [7, 11) is 6.71. The molecule has 5 amide bonds. The van der Waals surface area contributed by atoms with Crippen molar-refractivity contribution in [2.45, 2.75) is 129 Å². The Morgan fingerprint density at radius 3 is 2.23 bits per heavy atom. The third kappa shape index (κ3) is 22.2. The lowest BCUT2D eigenvalue weighted by Gasteiger charge is -2.33. The molecule has 18 heteroatoms. The molecule has 3 heterocycles. The molecule has 0 radical (unpaired) electrons. The maximum atomic E-state index is 12.2. The molecule has 4 rings (SSSR count). The van der Waals surface area contributed by atoms with Gasteiger partial charge in [0.2, 0.25) is 11.8 Å². The van der Waals surface area contributed by atoms with Crippen molar-refractivity contribution in [2.75, 3.05) is 42.0 Å². The second-order valence-corrected chi connectivity index (χ2v) is 16.2. The fraction of sp³-hybridized carbons (Fsp3) is 0.562. The number of aliphatic carboxylic acids is 1. The summed E-state index contributed by atoms with van der Waals surface area (Å²) < 4.78 is 16.8. The number of nitrogens with one attached hydrogen (secondary N) is 2. The first kappa shape index (κ1) is 60.6. The first-order chi connectivity index (χ1) is 31.3. The number of halogens is 1. The topological polar surface area (TPSA) is 242 Å². The van der Waals surface area contributed by atoms with Gasteiger partial charge in [-0.1, -0.05) is 60.9 Å². The van der Waals surface area contributed by atoms with E-state index in [1.165, 1.54) is 54.5 Å². The van der Waals surface area contributed by atoms with Crippen molar-refractivity contribution in [1.82, 2.24) is 20.4 Å². The highest BCUT2D eigenvalue weighted by Gasteiger charge is 2.57. The Hall–Kier alpha value is -5.36. The van der Waals surface area contributed by atoms with Gasteiger partial charge in [0.15, 0.2) is 5.78 Å². The standard InChI is InChI=1S/C27H37ClN2O5.C14H20N2O5.C5H8O.2CH4O/c1-17(14-19-10-11-21(28)23(15-19)33-5)8-6-7-9-20-16-22(34-26(32)30-20)18(2)25-27(3,35-25)13-12-24(31)29-4;1-10(14(20)21)15(2)11(17)6-4-3-5-9-16-12(18)7-8-13(16)19;1-3-4-5(2)6;2*1-2/h6-8,10-11,15,18,20,22,25H,9,12-14,16H2,1-5H3,(H,29,31)(H,30,32);7-8,10H,3-6,9H2,1-2H3,(H,20,21);3-4H,1-2H3;2*2H,1H3/b7-6+,17-8+;;4-3-;;/t18-,20?,22?,25?,27?;10-;;;/m11.../s1. The number of carbonyl (C=O) groups excluding carboxylic acids is 6. The zero-order chi connectivity index (χ0) is 50.6. The number of cyclic esters (lactones) is 1. The maximum Gasteiger partial charge on any atom is 0.407 e. The highest BCUT2D eigenvalue weighted by atomic mass is 35.5. The van der Waals surface area contributed by atoms with E-state index in [0.29, 0.717) is 49.4 Å². The van der Waals surface area contributed by atoms with E-state index in [-0.39, 0.29) is 71.7 Å². The number of imide groups is 1. The highest BCUT2D eigenvalue weighted by Crippen LogP contribution is 2.46. The number of epoxide rings is 1. The van der Waals surface area contributed by atoms with Crippen LogP contribution in [0.25, 0.3) is 0 Å². The molecule has 3 aliphatic rings. The van der Waals surface area contributed by atoms with E-state index in [9.17, 15) is 33.6 Å².